The third kappa shape index (κ3) is 2.90. The van der Waals surface area contributed by atoms with Crippen LogP contribution >= 0.6 is 0 Å². The summed E-state index contributed by atoms with van der Waals surface area (Å²) in [7, 11) is 0. The maximum Gasteiger partial charge on any atom is 0.123 e. The van der Waals surface area contributed by atoms with E-state index in [2.05, 4.69) is 60.7 Å². The Morgan fingerprint density at radius 1 is 0.667 bits per heavy atom. The molecular formula is C27H15FIrN-. The number of hydrogen-bond donors (Lipinski definition) is 0. The van der Waals surface area contributed by atoms with Crippen molar-refractivity contribution in [3.63, 3.8) is 0 Å². The predicted octanol–water partition coefficient (Wildman–Crippen LogP) is 7.15. The molecule has 145 valence electrons. The Morgan fingerprint density at radius 2 is 1.40 bits per heavy atom. The zero-order valence-corrected chi connectivity index (χ0v) is 18.2. The van der Waals surface area contributed by atoms with Gasteiger partial charge in [-0.3, -0.25) is 4.98 Å². The molecule has 0 atom stereocenters. The van der Waals surface area contributed by atoms with Gasteiger partial charge in [0.1, 0.15) is 5.82 Å². The summed E-state index contributed by atoms with van der Waals surface area (Å²) in [6, 6.07) is 32.8. The molecule has 1 aliphatic carbocycles. The number of halogens is 1. The van der Waals surface area contributed by atoms with E-state index in [1.54, 1.807) is 12.1 Å². The first-order chi connectivity index (χ1) is 14.3. The van der Waals surface area contributed by atoms with Crippen LogP contribution in [-0.2, 0) is 20.1 Å². The molecule has 0 saturated carbocycles. The summed E-state index contributed by atoms with van der Waals surface area (Å²) in [4.78, 5) is 4.95. The second-order valence-corrected chi connectivity index (χ2v) is 7.30. The van der Waals surface area contributed by atoms with Crippen molar-refractivity contribution in [2.24, 2.45) is 0 Å². The number of aromatic nitrogens is 1. The first kappa shape index (κ1) is 18.9. The smallest absolute Gasteiger partial charge is 0.123 e. The zero-order chi connectivity index (χ0) is 19.4. The third-order valence-electron chi connectivity index (χ3n) is 5.60. The second-order valence-electron chi connectivity index (χ2n) is 7.30. The Morgan fingerprint density at radius 3 is 2.20 bits per heavy atom. The van der Waals surface area contributed by atoms with Crippen LogP contribution in [0.3, 0.4) is 0 Å². The minimum Gasteiger partial charge on any atom is -0.296 e. The molecule has 1 radical (unpaired) electrons. The second kappa shape index (κ2) is 7.28. The molecule has 1 nitrogen and oxygen atoms in total. The van der Waals surface area contributed by atoms with E-state index in [4.69, 9.17) is 4.98 Å². The fourth-order valence-electron chi connectivity index (χ4n) is 4.25. The third-order valence-corrected chi connectivity index (χ3v) is 5.60. The summed E-state index contributed by atoms with van der Waals surface area (Å²) in [6.07, 6.45) is 0. The summed E-state index contributed by atoms with van der Waals surface area (Å²) in [5.41, 5.74) is 9.78. The molecule has 5 aromatic rings. The molecule has 1 aromatic heterocycles. The van der Waals surface area contributed by atoms with Crippen molar-refractivity contribution in [2.45, 2.75) is 0 Å². The number of fused-ring (bicyclic) bond motifs is 3. The fourth-order valence-corrected chi connectivity index (χ4v) is 4.25. The SMILES string of the molecule is Fc1ccc(-c2cc[c-]c(-c3cc4c5c(cccc5n3)-c3ccccc3-4)c2)cc1.[Ir]. The Bertz CT molecular complexity index is 1410. The van der Waals surface area contributed by atoms with Crippen LogP contribution in [-0.4, -0.2) is 4.98 Å². The van der Waals surface area contributed by atoms with Crippen molar-refractivity contribution in [1.29, 1.82) is 0 Å². The Balaban J connectivity index is 0.00000193. The molecule has 1 aliphatic rings. The number of rotatable bonds is 2. The molecule has 3 heteroatoms. The van der Waals surface area contributed by atoms with Crippen molar-refractivity contribution in [3.05, 3.63) is 103 Å². The van der Waals surface area contributed by atoms with Crippen LogP contribution in [0.4, 0.5) is 4.39 Å². The number of hydrogen-bond acceptors (Lipinski definition) is 1. The van der Waals surface area contributed by atoms with Crippen LogP contribution in [0.5, 0.6) is 0 Å². The maximum absolute atomic E-state index is 13.3. The standard InChI is InChI=1S/C27H15FN.Ir/c28-20-13-11-17(12-14-20)18-5-3-6-19(15-18)26-16-24-22-8-2-1-7-21(22)23-9-4-10-25(29-26)27(23)24;/h1-5,7-16H;/q-1;. The molecule has 0 fully saturated rings. The topological polar surface area (TPSA) is 12.9 Å². The molecular weight excluding hydrogens is 550 g/mol. The largest absolute Gasteiger partial charge is 0.296 e. The Labute approximate surface area is 187 Å². The summed E-state index contributed by atoms with van der Waals surface area (Å²) < 4.78 is 13.3. The van der Waals surface area contributed by atoms with Crippen molar-refractivity contribution < 1.29 is 24.5 Å². The van der Waals surface area contributed by atoms with E-state index in [1.165, 1.54) is 39.8 Å². The predicted molar refractivity (Wildman–Crippen MR) is 116 cm³/mol. The van der Waals surface area contributed by atoms with E-state index < -0.39 is 0 Å². The van der Waals surface area contributed by atoms with Crippen molar-refractivity contribution in [1.82, 2.24) is 4.98 Å². The maximum atomic E-state index is 13.3. The molecule has 4 aromatic carbocycles. The van der Waals surface area contributed by atoms with E-state index in [0.717, 1.165) is 27.9 Å². The quantitative estimate of drug-likeness (QED) is 0.204. The molecule has 0 saturated heterocycles. The van der Waals surface area contributed by atoms with E-state index in [-0.39, 0.29) is 25.9 Å². The van der Waals surface area contributed by atoms with Crippen LogP contribution in [0, 0.1) is 11.9 Å². The number of benzene rings is 4. The van der Waals surface area contributed by atoms with Crippen molar-refractivity contribution in [2.75, 3.05) is 0 Å². The van der Waals surface area contributed by atoms with E-state index in [1.807, 2.05) is 12.1 Å². The van der Waals surface area contributed by atoms with Gasteiger partial charge >= 0.3 is 0 Å². The average molecular weight is 565 g/mol. The zero-order valence-electron chi connectivity index (χ0n) is 15.8. The van der Waals surface area contributed by atoms with Gasteiger partial charge in [0.05, 0.1) is 5.52 Å². The van der Waals surface area contributed by atoms with E-state index >= 15 is 0 Å². The monoisotopic (exact) mass is 565 g/mol. The van der Waals surface area contributed by atoms with Crippen LogP contribution in [0.25, 0.3) is 55.5 Å². The molecule has 6 rings (SSSR count). The first-order valence-electron chi connectivity index (χ1n) is 9.59. The summed E-state index contributed by atoms with van der Waals surface area (Å²) >= 11 is 0. The first-order valence-corrected chi connectivity index (χ1v) is 9.59. The van der Waals surface area contributed by atoms with Crippen molar-refractivity contribution >= 4 is 10.9 Å². The molecule has 1 heterocycles. The van der Waals surface area contributed by atoms with Gasteiger partial charge < -0.3 is 0 Å². The molecule has 30 heavy (non-hydrogen) atoms. The van der Waals surface area contributed by atoms with Crippen LogP contribution in [0.2, 0.25) is 0 Å². The molecule has 0 N–H and O–H groups in total. The number of nitrogens with zero attached hydrogens (tertiary/aromatic N) is 1. The van der Waals surface area contributed by atoms with Gasteiger partial charge in [0.2, 0.25) is 0 Å². The van der Waals surface area contributed by atoms with Gasteiger partial charge in [-0.1, -0.05) is 54.6 Å². The Hall–Kier alpha value is -3.13. The minimum atomic E-state index is -0.231. The van der Waals surface area contributed by atoms with Gasteiger partial charge in [-0.25, -0.2) is 4.39 Å². The molecule has 0 bridgehead atoms. The summed E-state index contributed by atoms with van der Waals surface area (Å²) in [5, 5.41) is 1.21. The van der Waals surface area contributed by atoms with Gasteiger partial charge in [-0.05, 0) is 51.7 Å². The average Bonchev–Trinajstić information content (AvgIpc) is 3.10. The molecule has 0 unspecified atom stereocenters. The van der Waals surface area contributed by atoms with Gasteiger partial charge in [-0.2, -0.15) is 0 Å². The number of pyridine rings is 1. The van der Waals surface area contributed by atoms with Gasteiger partial charge in [-0.15, -0.1) is 35.4 Å². The molecule has 0 aliphatic heterocycles. The summed E-state index contributed by atoms with van der Waals surface area (Å²) in [6.45, 7) is 0. The van der Waals surface area contributed by atoms with Crippen molar-refractivity contribution in [3.8, 4) is 44.6 Å². The van der Waals surface area contributed by atoms with Crippen LogP contribution < -0.4 is 0 Å². The van der Waals surface area contributed by atoms with Gasteiger partial charge in [0.25, 0.3) is 0 Å². The van der Waals surface area contributed by atoms with E-state index in [0.29, 0.717) is 0 Å². The van der Waals surface area contributed by atoms with Crippen LogP contribution in [0.15, 0.2) is 91.0 Å². The molecule has 0 spiro atoms. The Kier molecular flexibility index (Phi) is 4.58. The van der Waals surface area contributed by atoms with Crippen LogP contribution in [0.1, 0.15) is 0 Å². The minimum absolute atomic E-state index is 0. The normalized spacial score (nSPS) is 11.2. The summed E-state index contributed by atoms with van der Waals surface area (Å²) in [5.74, 6) is -0.231. The van der Waals surface area contributed by atoms with Gasteiger partial charge in [0.15, 0.2) is 0 Å². The van der Waals surface area contributed by atoms with E-state index in [9.17, 15) is 4.39 Å². The van der Waals surface area contributed by atoms with Gasteiger partial charge in [0, 0.05) is 25.5 Å². The fraction of sp³-hybridized carbons (Fsp3) is 0. The molecule has 0 amide bonds.